The number of Topliss-reactive ketones (excluding diaryl/α,β-unsaturated/α-hetero) is 1. The largest absolute Gasteiger partial charge is 0.493 e. The molecule has 8 heteroatoms. The van der Waals surface area contributed by atoms with Crippen LogP contribution in [0.25, 0.3) is 0 Å². The van der Waals surface area contributed by atoms with Crippen molar-refractivity contribution in [2.75, 3.05) is 13.7 Å². The molecule has 0 aliphatic carbocycles. The van der Waals surface area contributed by atoms with E-state index < -0.39 is 24.3 Å². The van der Waals surface area contributed by atoms with Crippen LogP contribution in [0.3, 0.4) is 0 Å². The van der Waals surface area contributed by atoms with Crippen molar-refractivity contribution in [3.8, 4) is 17.6 Å². The highest BCUT2D eigenvalue weighted by Gasteiger charge is 2.23. The molecule has 1 N–H and O–H groups in total. The molecule has 1 aromatic carbocycles. The zero-order chi connectivity index (χ0) is 19.1. The van der Waals surface area contributed by atoms with Gasteiger partial charge in [-0.15, -0.1) is 0 Å². The molecule has 134 valence electrons. The minimum Gasteiger partial charge on any atom is -0.493 e. The van der Waals surface area contributed by atoms with Crippen LogP contribution in [-0.2, 0) is 9.53 Å². The number of ketones is 1. The molecule has 0 spiro atoms. The zero-order valence-electron chi connectivity index (χ0n) is 14.4. The number of methoxy groups -OCH3 is 1. The Bertz CT molecular complexity index is 724. The third-order valence-corrected chi connectivity index (χ3v) is 3.33. The van der Waals surface area contributed by atoms with Gasteiger partial charge in [-0.25, -0.2) is 4.79 Å². The Balaban J connectivity index is 2.93. The minimum atomic E-state index is -1.23. The van der Waals surface area contributed by atoms with E-state index in [0.29, 0.717) is 5.75 Å². The summed E-state index contributed by atoms with van der Waals surface area (Å²) in [4.78, 5) is 23.9. The topological polar surface area (TPSA) is 109 Å². The van der Waals surface area contributed by atoms with Crippen LogP contribution in [0.1, 0.15) is 31.1 Å². The third kappa shape index (κ3) is 5.47. The van der Waals surface area contributed by atoms with Gasteiger partial charge in [-0.05, 0) is 32.9 Å². The first kappa shape index (κ1) is 20.5. The number of nitrogens with zero attached hydrogens (tertiary/aromatic N) is 1. The smallest absolute Gasteiger partial charge is 0.338 e. The number of carbonyl (C=O) groups is 2. The summed E-state index contributed by atoms with van der Waals surface area (Å²) in [7, 11) is 1.40. The SMILES string of the molecule is COc1cc(C(=O)OCC(=O)[C@H](C#N)C(C)=N)cc(Cl)c1OC(C)C. The lowest BCUT2D eigenvalue weighted by Crippen LogP contribution is -2.25. The highest BCUT2D eigenvalue weighted by molar-refractivity contribution is 6.32. The Morgan fingerprint density at radius 3 is 2.48 bits per heavy atom. The summed E-state index contributed by atoms with van der Waals surface area (Å²) in [6.45, 7) is 4.37. The van der Waals surface area contributed by atoms with Crippen LogP contribution in [-0.4, -0.2) is 37.3 Å². The van der Waals surface area contributed by atoms with Gasteiger partial charge in [-0.3, -0.25) is 4.79 Å². The molecule has 0 heterocycles. The maximum atomic E-state index is 12.1. The van der Waals surface area contributed by atoms with E-state index >= 15 is 0 Å². The lowest BCUT2D eigenvalue weighted by molar-refractivity contribution is -0.122. The summed E-state index contributed by atoms with van der Waals surface area (Å²) in [5.41, 5.74) is -0.0331. The summed E-state index contributed by atoms with van der Waals surface area (Å²) in [5.74, 6) is -2.14. The van der Waals surface area contributed by atoms with Crippen LogP contribution < -0.4 is 9.47 Å². The summed E-state index contributed by atoms with van der Waals surface area (Å²) in [6, 6.07) is 4.43. The number of rotatable bonds is 8. The lowest BCUT2D eigenvalue weighted by Gasteiger charge is -2.16. The van der Waals surface area contributed by atoms with Crippen molar-refractivity contribution in [3.05, 3.63) is 22.7 Å². The highest BCUT2D eigenvalue weighted by atomic mass is 35.5. The fourth-order valence-electron chi connectivity index (χ4n) is 1.90. The molecular weight excluding hydrogens is 348 g/mol. The first-order valence-electron chi connectivity index (χ1n) is 7.39. The molecule has 7 nitrogen and oxygen atoms in total. The van der Waals surface area contributed by atoms with Gasteiger partial charge in [0, 0.05) is 5.71 Å². The summed E-state index contributed by atoms with van der Waals surface area (Å²) < 4.78 is 15.6. The molecule has 1 rings (SSSR count). The van der Waals surface area contributed by atoms with Crippen molar-refractivity contribution in [1.29, 1.82) is 10.7 Å². The second kappa shape index (κ2) is 9.04. The van der Waals surface area contributed by atoms with E-state index in [2.05, 4.69) is 0 Å². The van der Waals surface area contributed by atoms with Crippen molar-refractivity contribution in [1.82, 2.24) is 0 Å². The fraction of sp³-hybridized carbons (Fsp3) is 0.412. The molecule has 0 unspecified atom stereocenters. The average molecular weight is 367 g/mol. The van der Waals surface area contributed by atoms with Crippen molar-refractivity contribution < 1.29 is 23.8 Å². The van der Waals surface area contributed by atoms with Crippen molar-refractivity contribution in [2.24, 2.45) is 5.92 Å². The Kier molecular flexibility index (Phi) is 7.40. The molecule has 0 bridgehead atoms. The highest BCUT2D eigenvalue weighted by Crippen LogP contribution is 2.37. The van der Waals surface area contributed by atoms with Gasteiger partial charge < -0.3 is 19.6 Å². The number of nitriles is 1. The molecule has 0 aliphatic heterocycles. The Hall–Kier alpha value is -2.59. The molecule has 0 amide bonds. The van der Waals surface area contributed by atoms with E-state index in [4.69, 9.17) is 36.5 Å². The normalized spacial score (nSPS) is 11.4. The Morgan fingerprint density at radius 2 is 2.00 bits per heavy atom. The predicted octanol–water partition coefficient (Wildman–Crippen LogP) is 3.04. The van der Waals surface area contributed by atoms with Crippen molar-refractivity contribution >= 4 is 29.1 Å². The van der Waals surface area contributed by atoms with Crippen molar-refractivity contribution in [2.45, 2.75) is 26.9 Å². The van der Waals surface area contributed by atoms with Crippen molar-refractivity contribution in [3.63, 3.8) is 0 Å². The molecule has 0 aliphatic rings. The van der Waals surface area contributed by atoms with Gasteiger partial charge in [-0.2, -0.15) is 5.26 Å². The molecule has 0 saturated heterocycles. The Morgan fingerprint density at radius 1 is 1.36 bits per heavy atom. The maximum Gasteiger partial charge on any atom is 0.338 e. The van der Waals surface area contributed by atoms with Gasteiger partial charge in [0.05, 0.1) is 29.9 Å². The summed E-state index contributed by atoms with van der Waals surface area (Å²) in [5, 5.41) is 16.4. The molecule has 1 aromatic rings. The molecule has 0 radical (unpaired) electrons. The second-order valence-electron chi connectivity index (χ2n) is 5.44. The van der Waals surface area contributed by atoms with E-state index in [0.717, 1.165) is 0 Å². The number of esters is 1. The van der Waals surface area contributed by atoms with Crippen LogP contribution >= 0.6 is 11.6 Å². The molecule has 25 heavy (non-hydrogen) atoms. The van der Waals surface area contributed by atoms with E-state index in [1.807, 2.05) is 13.8 Å². The number of ether oxygens (including phenoxy) is 3. The van der Waals surface area contributed by atoms with Crippen LogP contribution in [0.15, 0.2) is 12.1 Å². The van der Waals surface area contributed by atoms with Crippen LogP contribution in [0.4, 0.5) is 0 Å². The average Bonchev–Trinajstić information content (AvgIpc) is 2.54. The van der Waals surface area contributed by atoms with Gasteiger partial charge in [-0.1, -0.05) is 11.6 Å². The predicted molar refractivity (Wildman–Crippen MR) is 91.6 cm³/mol. The van der Waals surface area contributed by atoms with Gasteiger partial charge in [0.1, 0.15) is 5.92 Å². The van der Waals surface area contributed by atoms with Gasteiger partial charge in [0.15, 0.2) is 23.9 Å². The number of hydrogen-bond donors (Lipinski definition) is 1. The molecule has 0 saturated carbocycles. The number of hydrogen-bond acceptors (Lipinski definition) is 7. The van der Waals surface area contributed by atoms with Gasteiger partial charge >= 0.3 is 5.97 Å². The molecule has 1 atom stereocenters. The van der Waals surface area contributed by atoms with E-state index in [1.54, 1.807) is 6.07 Å². The summed E-state index contributed by atoms with van der Waals surface area (Å²) >= 11 is 6.13. The van der Waals surface area contributed by atoms with E-state index in [-0.39, 0.29) is 28.2 Å². The van der Waals surface area contributed by atoms with Crippen LogP contribution in [0, 0.1) is 22.7 Å². The van der Waals surface area contributed by atoms with Crippen LogP contribution in [0.2, 0.25) is 5.02 Å². The number of benzene rings is 1. The standard InChI is InChI=1S/C17H19ClN2O5/c1-9(2)25-16-13(18)5-11(6-15(16)23-4)17(22)24-8-14(21)12(7-19)10(3)20/h5-6,9,12,20H,8H2,1-4H3/t12-/m1/s1. The quantitative estimate of drug-likeness (QED) is 0.559. The van der Waals surface area contributed by atoms with Gasteiger partial charge in [0.2, 0.25) is 0 Å². The second-order valence-corrected chi connectivity index (χ2v) is 5.85. The van der Waals surface area contributed by atoms with Gasteiger partial charge in [0.25, 0.3) is 0 Å². The Labute approximate surface area is 150 Å². The van der Waals surface area contributed by atoms with E-state index in [1.165, 1.54) is 26.2 Å². The number of carbonyl (C=O) groups excluding carboxylic acids is 2. The number of nitrogens with one attached hydrogen (secondary N) is 1. The molecule has 0 aromatic heterocycles. The maximum absolute atomic E-state index is 12.1. The molecular formula is C17H19ClN2O5. The first-order chi connectivity index (χ1) is 11.7. The number of halogens is 1. The zero-order valence-corrected chi connectivity index (χ0v) is 15.1. The fourth-order valence-corrected chi connectivity index (χ4v) is 2.16. The van der Waals surface area contributed by atoms with Crippen LogP contribution in [0.5, 0.6) is 11.5 Å². The monoisotopic (exact) mass is 366 g/mol. The lowest BCUT2D eigenvalue weighted by atomic mass is 10.0. The minimum absolute atomic E-state index is 0.0749. The third-order valence-electron chi connectivity index (χ3n) is 3.05. The summed E-state index contributed by atoms with van der Waals surface area (Å²) in [6.07, 6.45) is -0.144. The first-order valence-corrected chi connectivity index (χ1v) is 7.77. The van der Waals surface area contributed by atoms with E-state index in [9.17, 15) is 9.59 Å². The molecule has 0 fully saturated rings.